The van der Waals surface area contributed by atoms with Gasteiger partial charge in [0.15, 0.2) is 5.58 Å². The van der Waals surface area contributed by atoms with Crippen LogP contribution in [0.15, 0.2) is 77.2 Å². The summed E-state index contributed by atoms with van der Waals surface area (Å²) in [7, 11) is 1.62. The molecule has 0 aliphatic heterocycles. The summed E-state index contributed by atoms with van der Waals surface area (Å²) >= 11 is 0. The van der Waals surface area contributed by atoms with Gasteiger partial charge in [0.05, 0.1) is 7.11 Å². The zero-order chi connectivity index (χ0) is 20.2. The molecule has 0 bridgehead atoms. The van der Waals surface area contributed by atoms with E-state index in [4.69, 9.17) is 9.15 Å². The number of hydrogen-bond acceptors (Lipinski definition) is 4. The minimum Gasteiger partial charge on any atom is -0.497 e. The molecule has 29 heavy (non-hydrogen) atoms. The number of nitrogens with one attached hydrogen (secondary N) is 1. The Balaban J connectivity index is 1.42. The number of benzene rings is 3. The number of hydrogen-bond donors (Lipinski definition) is 1. The summed E-state index contributed by atoms with van der Waals surface area (Å²) in [5.41, 5.74) is 5.20. The first-order valence-corrected chi connectivity index (χ1v) is 9.21. The first kappa shape index (κ1) is 18.5. The smallest absolute Gasteiger partial charge is 0.248 e. The Kier molecular flexibility index (Phi) is 5.12. The van der Waals surface area contributed by atoms with E-state index in [1.165, 1.54) is 6.08 Å². The van der Waals surface area contributed by atoms with Crippen LogP contribution in [0.1, 0.15) is 11.1 Å². The summed E-state index contributed by atoms with van der Waals surface area (Å²) in [6.45, 7) is 2.02. The van der Waals surface area contributed by atoms with Crippen molar-refractivity contribution in [1.29, 1.82) is 0 Å². The molecule has 0 saturated heterocycles. The van der Waals surface area contributed by atoms with Crippen LogP contribution in [0.2, 0.25) is 0 Å². The second kappa shape index (κ2) is 8.02. The topological polar surface area (TPSA) is 64.4 Å². The molecule has 0 atom stereocenters. The number of methoxy groups -OCH3 is 1. The van der Waals surface area contributed by atoms with Crippen molar-refractivity contribution in [3.05, 3.63) is 83.9 Å². The quantitative estimate of drug-likeness (QED) is 0.464. The molecule has 4 rings (SSSR count). The van der Waals surface area contributed by atoms with Gasteiger partial charge < -0.3 is 14.5 Å². The van der Waals surface area contributed by atoms with Gasteiger partial charge in [0.25, 0.3) is 0 Å². The molecule has 1 heterocycles. The van der Waals surface area contributed by atoms with Gasteiger partial charge in [0, 0.05) is 17.3 Å². The number of nitrogens with zero attached hydrogens (tertiary/aromatic N) is 1. The number of ether oxygens (including phenoxy) is 1. The van der Waals surface area contributed by atoms with Gasteiger partial charge in [0.2, 0.25) is 11.8 Å². The van der Waals surface area contributed by atoms with E-state index < -0.39 is 0 Å². The fraction of sp³-hybridized carbons (Fsp3) is 0.0833. The maximum Gasteiger partial charge on any atom is 0.248 e. The fourth-order valence-electron chi connectivity index (χ4n) is 2.93. The van der Waals surface area contributed by atoms with Gasteiger partial charge in [0.1, 0.15) is 11.3 Å². The van der Waals surface area contributed by atoms with Crippen molar-refractivity contribution >= 4 is 28.8 Å². The van der Waals surface area contributed by atoms with E-state index in [1.54, 1.807) is 13.2 Å². The van der Waals surface area contributed by atoms with Crippen LogP contribution in [0.3, 0.4) is 0 Å². The van der Waals surface area contributed by atoms with Crippen LogP contribution in [-0.4, -0.2) is 18.0 Å². The first-order chi connectivity index (χ1) is 14.1. The molecule has 3 aromatic carbocycles. The standard InChI is InChI=1S/C24H20N2O3/c1-16-3-13-22-21(15-16)26-24(29-22)18-7-9-19(10-8-18)25-23(27)14-6-17-4-11-20(28-2)12-5-17/h3-15H,1-2H3,(H,25,27)/b14-6+. The molecule has 0 aliphatic carbocycles. The molecule has 1 amide bonds. The number of fused-ring (bicyclic) bond motifs is 1. The van der Waals surface area contributed by atoms with Gasteiger partial charge >= 0.3 is 0 Å². The lowest BCUT2D eigenvalue weighted by molar-refractivity contribution is -0.111. The maximum absolute atomic E-state index is 12.2. The molecular formula is C24H20N2O3. The first-order valence-electron chi connectivity index (χ1n) is 9.21. The largest absolute Gasteiger partial charge is 0.497 e. The zero-order valence-electron chi connectivity index (χ0n) is 16.2. The highest BCUT2D eigenvalue weighted by Gasteiger charge is 2.08. The number of aromatic nitrogens is 1. The molecule has 0 unspecified atom stereocenters. The van der Waals surface area contributed by atoms with Crippen LogP contribution in [0.4, 0.5) is 5.69 Å². The second-order valence-electron chi connectivity index (χ2n) is 6.66. The highest BCUT2D eigenvalue weighted by Crippen LogP contribution is 2.26. The monoisotopic (exact) mass is 384 g/mol. The van der Waals surface area contributed by atoms with Crippen molar-refractivity contribution in [2.45, 2.75) is 6.92 Å². The molecule has 0 aliphatic rings. The van der Waals surface area contributed by atoms with E-state index in [9.17, 15) is 4.79 Å². The number of carbonyl (C=O) groups is 1. The predicted molar refractivity (Wildman–Crippen MR) is 115 cm³/mol. The minimum atomic E-state index is -0.203. The van der Waals surface area contributed by atoms with Gasteiger partial charge in [-0.05, 0) is 72.7 Å². The highest BCUT2D eigenvalue weighted by atomic mass is 16.5. The van der Waals surface area contributed by atoms with Gasteiger partial charge in [-0.2, -0.15) is 0 Å². The van der Waals surface area contributed by atoms with E-state index >= 15 is 0 Å². The second-order valence-corrected chi connectivity index (χ2v) is 6.66. The minimum absolute atomic E-state index is 0.203. The molecule has 0 saturated carbocycles. The SMILES string of the molecule is COc1ccc(/C=C/C(=O)Nc2ccc(-c3nc4cc(C)ccc4o3)cc2)cc1. The van der Waals surface area contributed by atoms with Crippen LogP contribution in [0.25, 0.3) is 28.6 Å². The Morgan fingerprint density at radius 2 is 1.79 bits per heavy atom. The lowest BCUT2D eigenvalue weighted by Gasteiger charge is -2.03. The number of aryl methyl sites for hydroxylation is 1. The molecule has 4 aromatic rings. The van der Waals surface area contributed by atoms with Gasteiger partial charge in [-0.25, -0.2) is 4.98 Å². The van der Waals surface area contributed by atoms with Crippen LogP contribution in [0, 0.1) is 6.92 Å². The average molecular weight is 384 g/mol. The molecule has 144 valence electrons. The molecule has 5 nitrogen and oxygen atoms in total. The molecule has 0 fully saturated rings. The Morgan fingerprint density at radius 3 is 2.52 bits per heavy atom. The molecule has 1 aromatic heterocycles. The zero-order valence-corrected chi connectivity index (χ0v) is 16.2. The lowest BCUT2D eigenvalue weighted by atomic mass is 10.2. The fourth-order valence-corrected chi connectivity index (χ4v) is 2.93. The summed E-state index contributed by atoms with van der Waals surface area (Å²) in [5, 5.41) is 2.85. The van der Waals surface area contributed by atoms with E-state index in [2.05, 4.69) is 10.3 Å². The summed E-state index contributed by atoms with van der Waals surface area (Å²) in [5.74, 6) is 1.13. The molecule has 0 radical (unpaired) electrons. The van der Waals surface area contributed by atoms with Crippen molar-refractivity contribution in [3.8, 4) is 17.2 Å². The Morgan fingerprint density at radius 1 is 1.03 bits per heavy atom. The lowest BCUT2D eigenvalue weighted by Crippen LogP contribution is -2.07. The summed E-state index contributed by atoms with van der Waals surface area (Å²) in [4.78, 5) is 16.7. The number of anilines is 1. The van der Waals surface area contributed by atoms with Crippen LogP contribution in [-0.2, 0) is 4.79 Å². The molecule has 1 N–H and O–H groups in total. The van der Waals surface area contributed by atoms with Gasteiger partial charge in [-0.15, -0.1) is 0 Å². The van der Waals surface area contributed by atoms with E-state index in [0.717, 1.165) is 33.5 Å². The third-order valence-electron chi connectivity index (χ3n) is 4.49. The maximum atomic E-state index is 12.2. The number of rotatable bonds is 5. The number of carbonyl (C=O) groups excluding carboxylic acids is 1. The third kappa shape index (κ3) is 4.35. The molecule has 0 spiro atoms. The van der Waals surface area contributed by atoms with Crippen molar-refractivity contribution in [1.82, 2.24) is 4.98 Å². The van der Waals surface area contributed by atoms with Crippen molar-refractivity contribution in [3.63, 3.8) is 0 Å². The normalized spacial score (nSPS) is 11.1. The average Bonchev–Trinajstić information content (AvgIpc) is 3.16. The third-order valence-corrected chi connectivity index (χ3v) is 4.49. The number of amides is 1. The molecule has 5 heteroatoms. The van der Waals surface area contributed by atoms with Gasteiger partial charge in [-0.3, -0.25) is 4.79 Å². The number of oxazole rings is 1. The Hall–Kier alpha value is -3.86. The summed E-state index contributed by atoms with van der Waals surface area (Å²) in [6.07, 6.45) is 3.25. The Bertz CT molecular complexity index is 1170. The summed E-state index contributed by atoms with van der Waals surface area (Å²) in [6, 6.07) is 20.8. The van der Waals surface area contributed by atoms with Crippen LogP contribution in [0.5, 0.6) is 5.75 Å². The van der Waals surface area contributed by atoms with E-state index in [-0.39, 0.29) is 5.91 Å². The molecular weight excluding hydrogens is 364 g/mol. The van der Waals surface area contributed by atoms with Crippen molar-refractivity contribution < 1.29 is 13.9 Å². The van der Waals surface area contributed by atoms with Crippen molar-refractivity contribution in [2.24, 2.45) is 0 Å². The van der Waals surface area contributed by atoms with Crippen LogP contribution < -0.4 is 10.1 Å². The van der Waals surface area contributed by atoms with Gasteiger partial charge in [-0.1, -0.05) is 18.2 Å². The Labute approximate surface area is 168 Å². The van der Waals surface area contributed by atoms with Crippen molar-refractivity contribution in [2.75, 3.05) is 12.4 Å². The van der Waals surface area contributed by atoms with Crippen LogP contribution >= 0.6 is 0 Å². The van der Waals surface area contributed by atoms with E-state index in [0.29, 0.717) is 11.6 Å². The summed E-state index contributed by atoms with van der Waals surface area (Å²) < 4.78 is 10.9. The van der Waals surface area contributed by atoms with E-state index in [1.807, 2.05) is 73.7 Å². The predicted octanol–water partition coefficient (Wildman–Crippen LogP) is 5.46. The highest BCUT2D eigenvalue weighted by molar-refractivity contribution is 6.02.